The van der Waals surface area contributed by atoms with Crippen molar-refractivity contribution >= 4 is 28.8 Å². The average molecular weight is 359 g/mol. The van der Waals surface area contributed by atoms with Crippen LogP contribution in [0.25, 0.3) is 11.0 Å². The number of nitrogens with zero attached hydrogens (tertiary/aromatic N) is 4. The minimum atomic E-state index is -0.0397. The van der Waals surface area contributed by atoms with E-state index in [0.29, 0.717) is 5.92 Å². The van der Waals surface area contributed by atoms with Gasteiger partial charge in [-0.15, -0.1) is 16.9 Å². The molecule has 1 saturated heterocycles. The van der Waals surface area contributed by atoms with Crippen molar-refractivity contribution in [3.63, 3.8) is 0 Å². The molecular weight excluding hydrogens is 332 g/mol. The smallest absolute Gasteiger partial charge is 0.323 e. The van der Waals surface area contributed by atoms with Gasteiger partial charge in [0.1, 0.15) is 5.52 Å². The first-order valence-electron chi connectivity index (χ1n) is 9.52. The summed E-state index contributed by atoms with van der Waals surface area (Å²) in [5, 5.41) is 9.12. The normalized spacial score (nSPS) is 20.3. The lowest BCUT2D eigenvalue weighted by Gasteiger charge is -2.29. The standard InChI is InChI=1S/C19H26N4OS/c1-14-9-11-22(12-10-14)19(24)23-18-8-7-16(13-17(18)20-21-23)25-15-5-3-2-4-6-15/h7-8,13-15H,2-6,9-12H2,1H3. The molecule has 2 fully saturated rings. The first-order valence-corrected chi connectivity index (χ1v) is 10.4. The number of benzene rings is 1. The summed E-state index contributed by atoms with van der Waals surface area (Å²) in [6, 6.07) is 6.17. The van der Waals surface area contributed by atoms with Crippen molar-refractivity contribution in [2.24, 2.45) is 5.92 Å². The Morgan fingerprint density at radius 1 is 1.12 bits per heavy atom. The second-order valence-electron chi connectivity index (χ2n) is 7.48. The fourth-order valence-electron chi connectivity index (χ4n) is 3.83. The fraction of sp³-hybridized carbons (Fsp3) is 0.632. The van der Waals surface area contributed by atoms with Crippen LogP contribution in [0.4, 0.5) is 4.79 Å². The third-order valence-corrected chi connectivity index (χ3v) is 6.84. The summed E-state index contributed by atoms with van der Waals surface area (Å²) in [4.78, 5) is 15.9. The molecule has 0 N–H and O–H groups in total. The van der Waals surface area contributed by atoms with Crippen molar-refractivity contribution in [3.05, 3.63) is 18.2 Å². The number of fused-ring (bicyclic) bond motifs is 1. The number of piperidine rings is 1. The SMILES string of the molecule is CC1CCN(C(=O)n2nnc3cc(SC4CCCCC4)ccc32)CC1. The van der Waals surface area contributed by atoms with Gasteiger partial charge in [0.05, 0.1) is 5.52 Å². The van der Waals surface area contributed by atoms with E-state index in [0.717, 1.165) is 42.2 Å². The lowest BCUT2D eigenvalue weighted by Crippen LogP contribution is -2.40. The topological polar surface area (TPSA) is 51.0 Å². The molecule has 1 amide bonds. The van der Waals surface area contributed by atoms with Crippen LogP contribution < -0.4 is 0 Å². The summed E-state index contributed by atoms with van der Waals surface area (Å²) in [6.45, 7) is 3.88. The minimum Gasteiger partial charge on any atom is -0.323 e. The number of rotatable bonds is 2. The van der Waals surface area contributed by atoms with E-state index >= 15 is 0 Å². The molecule has 0 radical (unpaired) electrons. The summed E-state index contributed by atoms with van der Waals surface area (Å²) in [7, 11) is 0. The monoisotopic (exact) mass is 358 g/mol. The maximum Gasteiger partial charge on any atom is 0.346 e. The van der Waals surface area contributed by atoms with E-state index in [1.807, 2.05) is 22.7 Å². The Labute approximate surface area is 153 Å². The molecule has 1 saturated carbocycles. The molecule has 0 atom stereocenters. The number of aromatic nitrogens is 3. The number of hydrogen-bond donors (Lipinski definition) is 0. The molecule has 1 aromatic carbocycles. The van der Waals surface area contributed by atoms with E-state index in [2.05, 4.69) is 29.4 Å². The Bertz CT molecular complexity index is 745. The quantitative estimate of drug-likeness (QED) is 0.790. The zero-order chi connectivity index (χ0) is 17.2. The highest BCUT2D eigenvalue weighted by Crippen LogP contribution is 2.34. The maximum atomic E-state index is 12.8. The highest BCUT2D eigenvalue weighted by Gasteiger charge is 2.24. The predicted molar refractivity (Wildman–Crippen MR) is 101 cm³/mol. The molecule has 0 spiro atoms. The molecular formula is C19H26N4OS. The molecule has 6 heteroatoms. The largest absolute Gasteiger partial charge is 0.346 e. The van der Waals surface area contributed by atoms with Crippen LogP contribution in [0.5, 0.6) is 0 Å². The van der Waals surface area contributed by atoms with Gasteiger partial charge in [-0.05, 0) is 49.8 Å². The van der Waals surface area contributed by atoms with Gasteiger partial charge >= 0.3 is 6.03 Å². The van der Waals surface area contributed by atoms with E-state index in [-0.39, 0.29) is 6.03 Å². The van der Waals surface area contributed by atoms with Gasteiger partial charge in [0.15, 0.2) is 0 Å². The van der Waals surface area contributed by atoms with Gasteiger partial charge in [-0.25, -0.2) is 4.79 Å². The van der Waals surface area contributed by atoms with E-state index in [1.165, 1.54) is 41.7 Å². The van der Waals surface area contributed by atoms with Gasteiger partial charge in [0, 0.05) is 23.2 Å². The van der Waals surface area contributed by atoms with Crippen LogP contribution in [0.3, 0.4) is 0 Å². The van der Waals surface area contributed by atoms with Gasteiger partial charge in [0.2, 0.25) is 0 Å². The molecule has 1 aromatic heterocycles. The van der Waals surface area contributed by atoms with E-state index in [4.69, 9.17) is 0 Å². The number of likely N-dealkylation sites (tertiary alicyclic amines) is 1. The molecule has 25 heavy (non-hydrogen) atoms. The van der Waals surface area contributed by atoms with Crippen molar-refractivity contribution in [1.82, 2.24) is 19.9 Å². The summed E-state index contributed by atoms with van der Waals surface area (Å²) in [5.41, 5.74) is 1.64. The molecule has 134 valence electrons. The fourth-order valence-corrected chi connectivity index (χ4v) is 5.11. The lowest BCUT2D eigenvalue weighted by molar-refractivity contribution is 0.173. The highest BCUT2D eigenvalue weighted by atomic mass is 32.2. The Morgan fingerprint density at radius 3 is 2.64 bits per heavy atom. The summed E-state index contributed by atoms with van der Waals surface area (Å²) in [6.07, 6.45) is 8.82. The summed E-state index contributed by atoms with van der Waals surface area (Å²) >= 11 is 1.95. The van der Waals surface area contributed by atoms with Gasteiger partial charge in [-0.2, -0.15) is 4.68 Å². The minimum absolute atomic E-state index is 0.0397. The average Bonchev–Trinajstić information content (AvgIpc) is 3.06. The number of hydrogen-bond acceptors (Lipinski definition) is 4. The van der Waals surface area contributed by atoms with Crippen LogP contribution in [-0.4, -0.2) is 44.3 Å². The van der Waals surface area contributed by atoms with Gasteiger partial charge < -0.3 is 4.90 Å². The van der Waals surface area contributed by atoms with Crippen LogP contribution in [-0.2, 0) is 0 Å². The van der Waals surface area contributed by atoms with Crippen molar-refractivity contribution in [2.75, 3.05) is 13.1 Å². The third-order valence-electron chi connectivity index (χ3n) is 5.51. The zero-order valence-corrected chi connectivity index (χ0v) is 15.7. The molecule has 2 aromatic rings. The van der Waals surface area contributed by atoms with E-state index in [1.54, 1.807) is 0 Å². The Morgan fingerprint density at radius 2 is 1.88 bits per heavy atom. The Hall–Kier alpha value is -1.56. The van der Waals surface area contributed by atoms with E-state index < -0.39 is 0 Å². The molecule has 0 bridgehead atoms. The van der Waals surface area contributed by atoms with Gasteiger partial charge in [-0.3, -0.25) is 0 Å². The number of thioether (sulfide) groups is 1. The molecule has 1 aliphatic heterocycles. The number of carbonyl (C=O) groups excluding carboxylic acids is 1. The third kappa shape index (κ3) is 3.68. The molecule has 0 unspecified atom stereocenters. The van der Waals surface area contributed by atoms with Crippen LogP contribution >= 0.6 is 11.8 Å². The Balaban J connectivity index is 1.50. The first kappa shape index (κ1) is 16.9. The second-order valence-corrected chi connectivity index (χ2v) is 8.86. The number of amides is 1. The van der Waals surface area contributed by atoms with Crippen molar-refractivity contribution in [2.45, 2.75) is 62.0 Å². The molecule has 2 aliphatic rings. The molecule has 4 rings (SSSR count). The van der Waals surface area contributed by atoms with Gasteiger partial charge in [-0.1, -0.05) is 31.4 Å². The zero-order valence-electron chi connectivity index (χ0n) is 14.9. The highest BCUT2D eigenvalue weighted by molar-refractivity contribution is 8.00. The second kappa shape index (κ2) is 7.36. The van der Waals surface area contributed by atoms with Crippen LogP contribution in [0, 0.1) is 5.92 Å². The van der Waals surface area contributed by atoms with E-state index in [9.17, 15) is 4.79 Å². The van der Waals surface area contributed by atoms with Gasteiger partial charge in [0.25, 0.3) is 0 Å². The molecule has 2 heterocycles. The Kier molecular flexibility index (Phi) is 4.97. The van der Waals surface area contributed by atoms with Crippen LogP contribution in [0.2, 0.25) is 0 Å². The van der Waals surface area contributed by atoms with Crippen LogP contribution in [0.15, 0.2) is 23.1 Å². The molecule has 5 nitrogen and oxygen atoms in total. The van der Waals surface area contributed by atoms with Crippen molar-refractivity contribution in [3.8, 4) is 0 Å². The molecule has 1 aliphatic carbocycles. The lowest BCUT2D eigenvalue weighted by atomic mass is 10.00. The first-order chi connectivity index (χ1) is 12.2. The summed E-state index contributed by atoms with van der Waals surface area (Å²) in [5.74, 6) is 0.705. The maximum absolute atomic E-state index is 12.8. The summed E-state index contributed by atoms with van der Waals surface area (Å²) < 4.78 is 1.47. The van der Waals surface area contributed by atoms with Crippen molar-refractivity contribution in [1.29, 1.82) is 0 Å². The number of carbonyl (C=O) groups is 1. The predicted octanol–water partition coefficient (Wildman–Crippen LogP) is 4.56. The van der Waals surface area contributed by atoms with Crippen LogP contribution in [0.1, 0.15) is 51.9 Å². The van der Waals surface area contributed by atoms with Crippen molar-refractivity contribution < 1.29 is 4.79 Å².